The number of carbonyl (C=O) groups excluding carboxylic acids is 5. The van der Waals surface area contributed by atoms with Crippen LogP contribution in [0.1, 0.15) is 90.9 Å². The number of benzene rings is 2. The second kappa shape index (κ2) is 33.7. The number of nitrogens with one attached hydrogen (secondary N) is 2. The second-order valence-corrected chi connectivity index (χ2v) is 19.6. The monoisotopic (exact) mass is 1110 g/mol. The number of hydrogen-bond acceptors (Lipinski definition) is 12. The van der Waals surface area contributed by atoms with Gasteiger partial charge in [-0.2, -0.15) is 13.2 Å². The molecule has 3 unspecified atom stereocenters. The molecule has 0 radical (unpaired) electrons. The smallest absolute Gasteiger partial charge is 0.481 e. The Bertz CT molecular complexity index is 2390. The van der Waals surface area contributed by atoms with Gasteiger partial charge in [-0.1, -0.05) is 71.9 Å². The maximum atomic E-state index is 15.1. The molecule has 25 heteroatoms. The Morgan fingerprint density at radius 3 is 2.01 bits per heavy atom. The number of carboxylic acids is 2. The summed E-state index contributed by atoms with van der Waals surface area (Å²) in [5.41, 5.74) is 11.6. The van der Waals surface area contributed by atoms with E-state index < -0.39 is 89.4 Å². The van der Waals surface area contributed by atoms with E-state index in [1.54, 1.807) is 31.0 Å². The number of ether oxygens (including phenoxy) is 3. The Kier molecular flexibility index (Phi) is 29.2. The Morgan fingerprint density at radius 1 is 0.872 bits per heavy atom. The zero-order valence-corrected chi connectivity index (χ0v) is 45.0. The molecule has 4 atom stereocenters. The fourth-order valence-electron chi connectivity index (χ4n) is 8.19. The summed E-state index contributed by atoms with van der Waals surface area (Å²) >= 11 is 0. The van der Waals surface area contributed by atoms with Gasteiger partial charge in [-0.25, -0.2) is 13.6 Å². The number of carboxylic acid groups (broad SMARTS) is 2. The molecule has 0 spiro atoms. The molecule has 0 bridgehead atoms. The highest BCUT2D eigenvalue weighted by molar-refractivity contribution is 5.93. The molecule has 1 aliphatic rings. The number of hydrogen-bond donors (Lipinski definition) is 7. The van der Waals surface area contributed by atoms with Gasteiger partial charge in [-0.05, 0) is 60.4 Å². The molecule has 4 rings (SSSR count). The summed E-state index contributed by atoms with van der Waals surface area (Å²) in [7, 11) is 0. The molecule has 436 valence electrons. The van der Waals surface area contributed by atoms with Crippen LogP contribution in [0.4, 0.5) is 22.0 Å². The maximum absolute atomic E-state index is 15.1. The summed E-state index contributed by atoms with van der Waals surface area (Å²) < 4.78 is 78.4. The lowest BCUT2D eigenvalue weighted by Crippen LogP contribution is -2.55. The molecule has 20 nitrogen and oxygen atoms in total. The highest BCUT2D eigenvalue weighted by atomic mass is 19.4. The first-order valence-corrected chi connectivity index (χ1v) is 25.4. The molecular weight excluding hydrogens is 1040 g/mol. The van der Waals surface area contributed by atoms with E-state index >= 15 is 4.39 Å². The second-order valence-electron chi connectivity index (χ2n) is 19.6. The lowest BCUT2D eigenvalue weighted by Gasteiger charge is -2.41. The molecule has 1 aromatic heterocycles. The summed E-state index contributed by atoms with van der Waals surface area (Å²) in [5, 5.41) is 32.1. The lowest BCUT2D eigenvalue weighted by atomic mass is 9.83. The number of halogens is 5. The van der Waals surface area contributed by atoms with Crippen LogP contribution in [0.3, 0.4) is 0 Å². The third-order valence-electron chi connectivity index (χ3n) is 11.8. The van der Waals surface area contributed by atoms with Crippen molar-refractivity contribution < 1.29 is 85.0 Å². The number of nitrogens with zero attached hydrogens (tertiary/aromatic N) is 3. The SMILES string of the molecule is CC(CC(=O)O)C(=O)N1CCC[C@H]1C(=O)NC(C(=O)NCCCN(C(=O)CO)C(c1cc(-c2cc(F)ccc2F)cn1Cc1ccccc1)C(C)(C)C)C(C)C.NCCOCCOCCOCCC(N)=O.O=C(O)C(F)(F)F. The largest absolute Gasteiger partial charge is 0.490 e. The molecule has 0 saturated carbocycles. The first kappa shape index (κ1) is 67.6. The van der Waals surface area contributed by atoms with Gasteiger partial charge in [0.2, 0.25) is 29.5 Å². The van der Waals surface area contributed by atoms with Gasteiger partial charge < -0.3 is 66.0 Å². The number of aromatic nitrogens is 1. The number of aliphatic hydroxyl groups excluding tert-OH is 1. The minimum Gasteiger partial charge on any atom is -0.481 e. The van der Waals surface area contributed by atoms with Gasteiger partial charge in [0, 0.05) is 68.1 Å². The van der Waals surface area contributed by atoms with Crippen LogP contribution in [0.5, 0.6) is 0 Å². The van der Waals surface area contributed by atoms with Gasteiger partial charge in [0.15, 0.2) is 0 Å². The lowest BCUT2D eigenvalue weighted by molar-refractivity contribution is -0.192. The van der Waals surface area contributed by atoms with Crippen molar-refractivity contribution in [1.82, 2.24) is 25.0 Å². The number of amides is 5. The van der Waals surface area contributed by atoms with E-state index in [1.165, 1.54) is 11.8 Å². The molecule has 2 aromatic carbocycles. The number of rotatable bonds is 28. The first-order valence-electron chi connectivity index (χ1n) is 25.4. The van der Waals surface area contributed by atoms with Gasteiger partial charge in [0.1, 0.15) is 30.3 Å². The first-order chi connectivity index (χ1) is 36.6. The highest BCUT2D eigenvalue weighted by Crippen LogP contribution is 2.41. The van der Waals surface area contributed by atoms with E-state index in [0.29, 0.717) is 83.4 Å². The van der Waals surface area contributed by atoms with E-state index in [9.17, 15) is 51.4 Å². The Hall–Kier alpha value is -6.54. The van der Waals surface area contributed by atoms with Crippen molar-refractivity contribution in [2.24, 2.45) is 28.7 Å². The number of alkyl halides is 3. The minimum atomic E-state index is -5.08. The normalized spacial score (nSPS) is 14.5. The predicted octanol–water partition coefficient (Wildman–Crippen LogP) is 4.64. The molecule has 1 fully saturated rings. The van der Waals surface area contributed by atoms with Gasteiger partial charge in [0.25, 0.3) is 0 Å². The summed E-state index contributed by atoms with van der Waals surface area (Å²) in [6.07, 6.45) is -2.21. The van der Waals surface area contributed by atoms with Crippen LogP contribution in [0.2, 0.25) is 0 Å². The molecule has 2 heterocycles. The molecule has 78 heavy (non-hydrogen) atoms. The van der Waals surface area contributed by atoms with E-state index in [2.05, 4.69) is 10.6 Å². The third kappa shape index (κ3) is 23.6. The van der Waals surface area contributed by atoms with Crippen LogP contribution in [-0.2, 0) is 54.3 Å². The maximum Gasteiger partial charge on any atom is 0.490 e. The minimum absolute atomic E-state index is 0.0697. The van der Waals surface area contributed by atoms with Crippen LogP contribution in [-0.4, -0.2) is 162 Å². The highest BCUT2D eigenvalue weighted by Gasteiger charge is 2.40. The van der Waals surface area contributed by atoms with Gasteiger partial charge in [-0.15, -0.1) is 0 Å². The van der Waals surface area contributed by atoms with Gasteiger partial charge in [0.05, 0.1) is 52.1 Å². The Morgan fingerprint density at radius 2 is 1.47 bits per heavy atom. The van der Waals surface area contributed by atoms with Crippen molar-refractivity contribution in [3.05, 3.63) is 83.7 Å². The van der Waals surface area contributed by atoms with E-state index in [-0.39, 0.29) is 49.7 Å². The fraction of sp³-hybridized carbons (Fsp3) is 0.566. The number of nitrogens with two attached hydrogens (primary N) is 2. The Labute approximate surface area is 450 Å². The zero-order chi connectivity index (χ0) is 58.8. The molecule has 1 aliphatic heterocycles. The average Bonchev–Trinajstić information content (AvgIpc) is 4.06. The summed E-state index contributed by atoms with van der Waals surface area (Å²) in [6.45, 7) is 14.5. The number of aliphatic carboxylic acids is 2. The summed E-state index contributed by atoms with van der Waals surface area (Å²) in [6, 6.07) is 12.2. The quantitative estimate of drug-likeness (QED) is 0.0385. The van der Waals surface area contributed by atoms with Crippen molar-refractivity contribution in [2.45, 2.75) is 104 Å². The third-order valence-corrected chi connectivity index (χ3v) is 11.8. The molecule has 1 saturated heterocycles. The molecule has 3 aromatic rings. The standard InChI is InChI=1S/C42H55F2N5O7.C9H20N2O4.C2HF3O2/c1-26(2)37(46-39(54)33-14-10-18-48(33)41(56)27(3)20-36(52)53)40(55)45-17-11-19-49(35(51)25-50)38(42(4,5)6)34-21-29(31-22-30(43)15-16-32(31)44)24-47(34)23-28-12-8-7-9-13-28;10-2-4-14-6-8-15-7-5-13-3-1-9(11)12;3-2(4,5)1(6)7/h7-9,12-13,15-16,21-22,24,26-27,33,37-38,50H,10-11,14,17-20,23,25H2,1-6H3,(H,45,55)(H,46,54)(H,52,53);1-8,10H2,(H2,11,12);(H,6,7)/t27?,33-,37?,38?;;/m0../s1. The summed E-state index contributed by atoms with van der Waals surface area (Å²) in [5.74, 6) is -8.44. The van der Waals surface area contributed by atoms with Crippen LogP contribution < -0.4 is 22.1 Å². The van der Waals surface area contributed by atoms with E-state index in [1.807, 2.05) is 55.7 Å². The van der Waals surface area contributed by atoms with Gasteiger partial charge in [-0.3, -0.25) is 28.8 Å². The Balaban J connectivity index is 0.000000787. The van der Waals surface area contributed by atoms with Crippen molar-refractivity contribution >= 4 is 41.5 Å². The van der Waals surface area contributed by atoms with Crippen molar-refractivity contribution in [3.63, 3.8) is 0 Å². The molecular formula is C53H76F5N7O13. The van der Waals surface area contributed by atoms with Gasteiger partial charge >= 0.3 is 18.1 Å². The van der Waals surface area contributed by atoms with E-state index in [0.717, 1.165) is 23.8 Å². The predicted molar refractivity (Wildman–Crippen MR) is 276 cm³/mol. The van der Waals surface area contributed by atoms with Crippen molar-refractivity contribution in [3.8, 4) is 11.1 Å². The van der Waals surface area contributed by atoms with E-state index in [4.69, 9.17) is 40.7 Å². The number of carbonyl (C=O) groups is 7. The van der Waals surface area contributed by atoms with Crippen LogP contribution in [0, 0.1) is 28.9 Å². The fourth-order valence-corrected chi connectivity index (χ4v) is 8.19. The number of primary amides is 1. The number of aliphatic hydroxyl groups is 1. The average molecular weight is 1110 g/mol. The van der Waals surface area contributed by atoms with Crippen molar-refractivity contribution in [2.75, 3.05) is 72.4 Å². The molecule has 5 amide bonds. The summed E-state index contributed by atoms with van der Waals surface area (Å²) in [4.78, 5) is 86.7. The van der Waals surface area contributed by atoms with Crippen LogP contribution in [0.15, 0.2) is 60.8 Å². The number of likely N-dealkylation sites (tertiary alicyclic amines) is 1. The molecule has 0 aliphatic carbocycles. The van der Waals surface area contributed by atoms with Crippen LogP contribution >= 0.6 is 0 Å². The van der Waals surface area contributed by atoms with Crippen LogP contribution in [0.25, 0.3) is 11.1 Å². The zero-order valence-electron chi connectivity index (χ0n) is 45.0. The topological polar surface area (TPSA) is 295 Å². The molecule has 9 N–H and O–H groups in total. The van der Waals surface area contributed by atoms with Crippen molar-refractivity contribution in [1.29, 1.82) is 0 Å².